The normalized spacial score (nSPS) is 19.0. The lowest BCUT2D eigenvalue weighted by molar-refractivity contribution is -0.134. The molecule has 1 aliphatic heterocycles. The van der Waals surface area contributed by atoms with Crippen LogP contribution < -0.4 is 21.9 Å². The van der Waals surface area contributed by atoms with Gasteiger partial charge in [0, 0.05) is 38.8 Å². The van der Waals surface area contributed by atoms with Gasteiger partial charge in [-0.15, -0.1) is 0 Å². The Morgan fingerprint density at radius 3 is 2.65 bits per heavy atom. The van der Waals surface area contributed by atoms with E-state index in [1.807, 2.05) is 0 Å². The van der Waals surface area contributed by atoms with Gasteiger partial charge in [-0.3, -0.25) is 24.3 Å². The van der Waals surface area contributed by atoms with Gasteiger partial charge in [0.05, 0.1) is 6.04 Å². The molecule has 2 rings (SSSR count). The summed E-state index contributed by atoms with van der Waals surface area (Å²) in [6, 6.07) is -0.505. The molecule has 0 spiro atoms. The van der Waals surface area contributed by atoms with E-state index in [1.54, 1.807) is 7.05 Å². The standard InChI is InChI=1S/C12H16N4O4/c1-15-6-7(11(19)16(2)12(15)20)5-13-8-3-4-9(17)14-10(8)18/h6,8,13H,3-5H2,1-2H3,(H,14,17,18). The molecule has 1 aromatic heterocycles. The van der Waals surface area contributed by atoms with E-state index in [0.29, 0.717) is 12.0 Å². The van der Waals surface area contributed by atoms with E-state index in [4.69, 9.17) is 0 Å². The fourth-order valence-electron chi connectivity index (χ4n) is 2.13. The van der Waals surface area contributed by atoms with E-state index < -0.39 is 17.3 Å². The van der Waals surface area contributed by atoms with E-state index in [-0.39, 0.29) is 24.8 Å². The summed E-state index contributed by atoms with van der Waals surface area (Å²) in [6.45, 7) is 0.160. The molecule has 0 bridgehead atoms. The van der Waals surface area contributed by atoms with Gasteiger partial charge in [0.25, 0.3) is 5.56 Å². The molecule has 0 saturated carbocycles. The van der Waals surface area contributed by atoms with Crippen LogP contribution >= 0.6 is 0 Å². The van der Waals surface area contributed by atoms with Crippen molar-refractivity contribution in [1.82, 2.24) is 19.8 Å². The molecule has 8 heteroatoms. The molecule has 1 atom stereocenters. The first-order valence-electron chi connectivity index (χ1n) is 6.22. The lowest BCUT2D eigenvalue weighted by atomic mass is 10.1. The van der Waals surface area contributed by atoms with Crippen molar-refractivity contribution in [2.45, 2.75) is 25.4 Å². The van der Waals surface area contributed by atoms with E-state index >= 15 is 0 Å². The first-order valence-corrected chi connectivity index (χ1v) is 6.22. The SMILES string of the molecule is Cn1cc(CNC2CCC(=O)NC2=O)c(=O)n(C)c1=O. The molecule has 1 unspecified atom stereocenters. The van der Waals surface area contributed by atoms with Crippen LogP contribution in [0, 0.1) is 0 Å². The van der Waals surface area contributed by atoms with Crippen LogP contribution in [0.4, 0.5) is 0 Å². The highest BCUT2D eigenvalue weighted by Gasteiger charge is 2.26. The van der Waals surface area contributed by atoms with Gasteiger partial charge in [-0.2, -0.15) is 0 Å². The van der Waals surface area contributed by atoms with Crippen LogP contribution in [0.5, 0.6) is 0 Å². The third-order valence-corrected chi connectivity index (χ3v) is 3.30. The zero-order chi connectivity index (χ0) is 14.9. The Balaban J connectivity index is 2.12. The largest absolute Gasteiger partial charge is 0.330 e. The lowest BCUT2D eigenvalue weighted by Gasteiger charge is -2.21. The molecule has 0 aliphatic carbocycles. The molecule has 108 valence electrons. The number of piperidine rings is 1. The summed E-state index contributed by atoms with van der Waals surface area (Å²) in [4.78, 5) is 46.0. The fourth-order valence-corrected chi connectivity index (χ4v) is 2.13. The summed E-state index contributed by atoms with van der Waals surface area (Å²) in [5.41, 5.74) is -0.410. The van der Waals surface area contributed by atoms with E-state index in [0.717, 1.165) is 4.57 Å². The number of carbonyl (C=O) groups is 2. The summed E-state index contributed by atoms with van der Waals surface area (Å²) in [5.74, 6) is -0.672. The first kappa shape index (κ1) is 14.2. The van der Waals surface area contributed by atoms with Crippen molar-refractivity contribution in [3.8, 4) is 0 Å². The third kappa shape index (κ3) is 2.69. The molecule has 1 aliphatic rings. The molecule has 0 aromatic carbocycles. The van der Waals surface area contributed by atoms with Crippen molar-refractivity contribution in [2.24, 2.45) is 14.1 Å². The van der Waals surface area contributed by atoms with Crippen LogP contribution in [0.25, 0.3) is 0 Å². The van der Waals surface area contributed by atoms with E-state index in [2.05, 4.69) is 10.6 Å². The smallest absolute Gasteiger partial charge is 0.303 e. The third-order valence-electron chi connectivity index (χ3n) is 3.30. The number of aromatic nitrogens is 2. The maximum absolute atomic E-state index is 11.9. The molecule has 20 heavy (non-hydrogen) atoms. The first-order chi connectivity index (χ1) is 9.40. The maximum Gasteiger partial charge on any atom is 0.330 e. The van der Waals surface area contributed by atoms with Gasteiger partial charge in [0.15, 0.2) is 0 Å². The van der Waals surface area contributed by atoms with Gasteiger partial charge in [0.1, 0.15) is 0 Å². The summed E-state index contributed by atoms with van der Waals surface area (Å²) < 4.78 is 2.32. The minimum absolute atomic E-state index is 0.160. The van der Waals surface area contributed by atoms with Crippen LogP contribution in [0.3, 0.4) is 0 Å². The number of carbonyl (C=O) groups excluding carboxylic acids is 2. The lowest BCUT2D eigenvalue weighted by Crippen LogP contribution is -2.51. The predicted octanol–water partition coefficient (Wildman–Crippen LogP) is -2.02. The second-order valence-corrected chi connectivity index (χ2v) is 4.80. The number of nitrogens with one attached hydrogen (secondary N) is 2. The van der Waals surface area contributed by atoms with Gasteiger partial charge in [-0.1, -0.05) is 0 Å². The van der Waals surface area contributed by atoms with Crippen LogP contribution in [0.15, 0.2) is 15.8 Å². The number of aryl methyl sites for hydroxylation is 1. The summed E-state index contributed by atoms with van der Waals surface area (Å²) in [6.07, 6.45) is 2.12. The second kappa shape index (κ2) is 5.41. The van der Waals surface area contributed by atoms with Crippen LogP contribution in [-0.2, 0) is 30.2 Å². The Kier molecular flexibility index (Phi) is 3.84. The monoisotopic (exact) mass is 280 g/mol. The van der Waals surface area contributed by atoms with Crippen molar-refractivity contribution < 1.29 is 9.59 Å². The molecule has 2 heterocycles. The average Bonchev–Trinajstić information content (AvgIpc) is 2.40. The van der Waals surface area contributed by atoms with E-state index in [9.17, 15) is 19.2 Å². The second-order valence-electron chi connectivity index (χ2n) is 4.80. The summed E-state index contributed by atoms with van der Waals surface area (Å²) >= 11 is 0. The molecular formula is C12H16N4O4. The number of hydrogen-bond acceptors (Lipinski definition) is 5. The van der Waals surface area contributed by atoms with Gasteiger partial charge >= 0.3 is 5.69 Å². The Morgan fingerprint density at radius 2 is 2.00 bits per heavy atom. The zero-order valence-corrected chi connectivity index (χ0v) is 11.3. The van der Waals surface area contributed by atoms with Crippen molar-refractivity contribution in [1.29, 1.82) is 0 Å². The highest BCUT2D eigenvalue weighted by Crippen LogP contribution is 2.04. The molecule has 8 nitrogen and oxygen atoms in total. The molecule has 0 radical (unpaired) electrons. The molecule has 1 aromatic rings. The molecule has 2 amide bonds. The van der Waals surface area contributed by atoms with Crippen LogP contribution in [0.1, 0.15) is 18.4 Å². The van der Waals surface area contributed by atoms with Crippen molar-refractivity contribution in [3.05, 3.63) is 32.6 Å². The number of imide groups is 1. The maximum atomic E-state index is 11.9. The Bertz CT molecular complexity index is 673. The Labute approximate surface area is 114 Å². The number of amides is 2. The number of rotatable bonds is 3. The van der Waals surface area contributed by atoms with Gasteiger partial charge in [-0.25, -0.2) is 4.79 Å². The number of hydrogen-bond donors (Lipinski definition) is 2. The average molecular weight is 280 g/mol. The minimum atomic E-state index is -0.505. The topological polar surface area (TPSA) is 102 Å². The molecule has 2 N–H and O–H groups in total. The fraction of sp³-hybridized carbons (Fsp3) is 0.500. The van der Waals surface area contributed by atoms with Gasteiger partial charge in [0.2, 0.25) is 11.8 Å². The van der Waals surface area contributed by atoms with Gasteiger partial charge in [-0.05, 0) is 6.42 Å². The van der Waals surface area contributed by atoms with Crippen LogP contribution in [0.2, 0.25) is 0 Å². The molecule has 1 fully saturated rings. The van der Waals surface area contributed by atoms with E-state index in [1.165, 1.54) is 17.8 Å². The van der Waals surface area contributed by atoms with Gasteiger partial charge < -0.3 is 9.88 Å². The summed E-state index contributed by atoms with van der Waals surface area (Å²) in [5, 5.41) is 5.16. The Morgan fingerprint density at radius 1 is 1.30 bits per heavy atom. The van der Waals surface area contributed by atoms with Crippen molar-refractivity contribution >= 4 is 11.8 Å². The predicted molar refractivity (Wildman–Crippen MR) is 69.9 cm³/mol. The number of nitrogens with zero attached hydrogens (tertiary/aromatic N) is 2. The van der Waals surface area contributed by atoms with Crippen molar-refractivity contribution in [2.75, 3.05) is 0 Å². The zero-order valence-electron chi connectivity index (χ0n) is 11.3. The highest BCUT2D eigenvalue weighted by atomic mass is 16.2. The van der Waals surface area contributed by atoms with Crippen LogP contribution in [-0.4, -0.2) is 27.0 Å². The molecule has 1 saturated heterocycles. The van der Waals surface area contributed by atoms with Crippen molar-refractivity contribution in [3.63, 3.8) is 0 Å². The summed E-state index contributed by atoms with van der Waals surface area (Å²) in [7, 11) is 2.96. The Hall–Kier alpha value is -2.22. The quantitative estimate of drug-likeness (QED) is 0.622. The minimum Gasteiger partial charge on any atom is -0.303 e. The highest BCUT2D eigenvalue weighted by molar-refractivity contribution is 6.00. The molecular weight excluding hydrogens is 264 g/mol.